The molecule has 0 spiro atoms. The Hall–Kier alpha value is -7.16. The molecule has 0 bridgehead atoms. The molecule has 1 aromatic heterocycles. The van der Waals surface area contributed by atoms with E-state index in [1.165, 1.54) is 55.3 Å². The van der Waals surface area contributed by atoms with E-state index in [4.69, 9.17) is 4.42 Å². The Balaban J connectivity index is 1.13. The van der Waals surface area contributed by atoms with E-state index in [1.54, 1.807) is 0 Å². The van der Waals surface area contributed by atoms with Crippen LogP contribution in [0.4, 0.5) is 17.1 Å². The third-order valence-corrected chi connectivity index (χ3v) is 12.1. The van der Waals surface area contributed by atoms with E-state index in [9.17, 15) is 0 Å². The van der Waals surface area contributed by atoms with Crippen molar-refractivity contribution in [2.75, 3.05) is 4.90 Å². The zero-order chi connectivity index (χ0) is 38.1. The van der Waals surface area contributed by atoms with Gasteiger partial charge >= 0.3 is 0 Å². The van der Waals surface area contributed by atoms with Gasteiger partial charge < -0.3 is 9.32 Å². The van der Waals surface area contributed by atoms with Crippen LogP contribution in [0.1, 0.15) is 25.0 Å². The molecular formula is C55H39NO. The first-order valence-corrected chi connectivity index (χ1v) is 19.8. The minimum absolute atomic E-state index is 0.139. The lowest BCUT2D eigenvalue weighted by molar-refractivity contribution is 0.660. The van der Waals surface area contributed by atoms with Gasteiger partial charge in [0.2, 0.25) is 0 Å². The lowest BCUT2D eigenvalue weighted by atomic mass is 9.82. The topological polar surface area (TPSA) is 16.4 Å². The molecule has 0 fully saturated rings. The molecule has 0 amide bonds. The van der Waals surface area contributed by atoms with Gasteiger partial charge in [-0.25, -0.2) is 0 Å². The first-order valence-electron chi connectivity index (χ1n) is 19.8. The first-order chi connectivity index (χ1) is 28.0. The van der Waals surface area contributed by atoms with Crippen molar-refractivity contribution < 1.29 is 4.42 Å². The molecule has 1 heterocycles. The van der Waals surface area contributed by atoms with Crippen molar-refractivity contribution >= 4 is 49.8 Å². The van der Waals surface area contributed by atoms with Crippen molar-refractivity contribution in [2.45, 2.75) is 19.3 Å². The average molecular weight is 730 g/mol. The molecule has 0 aliphatic heterocycles. The van der Waals surface area contributed by atoms with Crippen molar-refractivity contribution in [3.8, 4) is 44.5 Å². The van der Waals surface area contributed by atoms with Gasteiger partial charge in [-0.2, -0.15) is 0 Å². The summed E-state index contributed by atoms with van der Waals surface area (Å²) in [6, 6.07) is 72.5. The number of anilines is 3. The van der Waals surface area contributed by atoms with Crippen molar-refractivity contribution in [2.24, 2.45) is 0 Å². The highest BCUT2D eigenvalue weighted by atomic mass is 16.3. The van der Waals surface area contributed by atoms with Crippen LogP contribution < -0.4 is 4.90 Å². The minimum atomic E-state index is -0.139. The second-order valence-corrected chi connectivity index (χ2v) is 15.7. The predicted octanol–water partition coefficient (Wildman–Crippen LogP) is 15.5. The van der Waals surface area contributed by atoms with Crippen LogP contribution in [0.25, 0.3) is 77.2 Å². The van der Waals surface area contributed by atoms with Crippen LogP contribution in [-0.4, -0.2) is 0 Å². The highest BCUT2D eigenvalue weighted by Crippen LogP contribution is 2.52. The average Bonchev–Trinajstić information content (AvgIpc) is 3.75. The van der Waals surface area contributed by atoms with Gasteiger partial charge in [0.05, 0.1) is 5.69 Å². The van der Waals surface area contributed by atoms with Gasteiger partial charge in [-0.3, -0.25) is 0 Å². The van der Waals surface area contributed by atoms with E-state index in [-0.39, 0.29) is 5.41 Å². The molecule has 0 radical (unpaired) electrons. The van der Waals surface area contributed by atoms with Gasteiger partial charge in [0, 0.05) is 38.7 Å². The van der Waals surface area contributed by atoms with E-state index < -0.39 is 0 Å². The van der Waals surface area contributed by atoms with E-state index in [2.05, 4.69) is 219 Å². The number of nitrogens with zero attached hydrogens (tertiary/aromatic N) is 1. The normalized spacial score (nSPS) is 12.9. The molecule has 1 aliphatic rings. The fraction of sp³-hybridized carbons (Fsp3) is 0.0545. The summed E-state index contributed by atoms with van der Waals surface area (Å²) in [6.07, 6.45) is 0. The molecule has 0 saturated carbocycles. The number of fused-ring (bicyclic) bond motifs is 7. The zero-order valence-electron chi connectivity index (χ0n) is 31.9. The molecule has 0 N–H and O–H groups in total. The molecule has 9 aromatic carbocycles. The molecule has 11 rings (SSSR count). The minimum Gasteiger partial charge on any atom is -0.455 e. The van der Waals surface area contributed by atoms with Gasteiger partial charge in [0.15, 0.2) is 0 Å². The molecule has 1 aliphatic carbocycles. The van der Waals surface area contributed by atoms with Gasteiger partial charge in [0.25, 0.3) is 0 Å². The highest BCUT2D eigenvalue weighted by molar-refractivity contribution is 6.12. The summed E-state index contributed by atoms with van der Waals surface area (Å²) in [5.41, 5.74) is 17.3. The number of hydrogen-bond acceptors (Lipinski definition) is 2. The standard InChI is InChI=1S/C55H39NO/c1-55(2)50-28-12-10-23-44(50)45-32-30-39(35-51(45)55)56(52-29-13-11-24-46(52)42-25-14-19-37-18-6-7-20-40(37)42)38-31-33-53-49(34-38)48-27-15-26-47(54(48)57-53)43-22-9-8-21-41(43)36-16-4-3-5-17-36/h3-35H,1-2H3. The van der Waals surface area contributed by atoms with Crippen molar-refractivity contribution in [1.82, 2.24) is 0 Å². The molecule has 270 valence electrons. The summed E-state index contributed by atoms with van der Waals surface area (Å²) in [4.78, 5) is 2.45. The Morgan fingerprint density at radius 2 is 0.982 bits per heavy atom. The summed E-state index contributed by atoms with van der Waals surface area (Å²) in [6.45, 7) is 4.71. The van der Waals surface area contributed by atoms with E-state index >= 15 is 0 Å². The molecule has 0 atom stereocenters. The summed E-state index contributed by atoms with van der Waals surface area (Å²) in [5.74, 6) is 0. The van der Waals surface area contributed by atoms with Gasteiger partial charge in [-0.05, 0) is 91.7 Å². The second-order valence-electron chi connectivity index (χ2n) is 15.7. The summed E-state index contributed by atoms with van der Waals surface area (Å²) in [5, 5.41) is 4.64. The lowest BCUT2D eigenvalue weighted by Crippen LogP contribution is -2.16. The number of hydrogen-bond donors (Lipinski definition) is 0. The van der Waals surface area contributed by atoms with E-state index in [0.29, 0.717) is 0 Å². The predicted molar refractivity (Wildman–Crippen MR) is 240 cm³/mol. The maximum Gasteiger partial charge on any atom is 0.143 e. The zero-order valence-corrected chi connectivity index (χ0v) is 31.9. The Kier molecular flexibility index (Phi) is 7.55. The maximum absolute atomic E-state index is 6.82. The summed E-state index contributed by atoms with van der Waals surface area (Å²) >= 11 is 0. The van der Waals surface area contributed by atoms with Gasteiger partial charge in [-0.1, -0.05) is 178 Å². The van der Waals surface area contributed by atoms with E-state index in [1.807, 2.05) is 0 Å². The van der Waals surface area contributed by atoms with Crippen molar-refractivity contribution in [1.29, 1.82) is 0 Å². The Labute approximate surface area is 332 Å². The number of benzene rings is 9. The first kappa shape index (κ1) is 33.2. The van der Waals surface area contributed by atoms with Gasteiger partial charge in [0.1, 0.15) is 11.2 Å². The van der Waals surface area contributed by atoms with Crippen LogP contribution in [0.3, 0.4) is 0 Å². The SMILES string of the molecule is CC1(C)c2ccccc2-c2ccc(N(c3ccc4oc5c(-c6ccccc6-c6ccccc6)cccc5c4c3)c3ccccc3-c3cccc4ccccc34)cc21. The molecule has 0 unspecified atom stereocenters. The highest BCUT2D eigenvalue weighted by Gasteiger charge is 2.36. The smallest absolute Gasteiger partial charge is 0.143 e. The van der Waals surface area contributed by atoms with E-state index in [0.717, 1.165) is 50.1 Å². The number of para-hydroxylation sites is 2. The van der Waals surface area contributed by atoms with Gasteiger partial charge in [-0.15, -0.1) is 0 Å². The monoisotopic (exact) mass is 729 g/mol. The van der Waals surface area contributed by atoms with Crippen LogP contribution in [0.5, 0.6) is 0 Å². The van der Waals surface area contributed by atoms with Crippen LogP contribution in [-0.2, 0) is 5.41 Å². The fourth-order valence-electron chi connectivity index (χ4n) is 9.34. The third kappa shape index (κ3) is 5.25. The van der Waals surface area contributed by atoms with Crippen LogP contribution in [0.2, 0.25) is 0 Å². The van der Waals surface area contributed by atoms with Crippen molar-refractivity contribution in [3.05, 3.63) is 211 Å². The number of furan rings is 1. The Morgan fingerprint density at radius 1 is 0.386 bits per heavy atom. The quantitative estimate of drug-likeness (QED) is 0.169. The Morgan fingerprint density at radius 3 is 1.86 bits per heavy atom. The summed E-state index contributed by atoms with van der Waals surface area (Å²) < 4.78 is 6.82. The molecule has 2 heteroatoms. The largest absolute Gasteiger partial charge is 0.455 e. The van der Waals surface area contributed by atoms with Crippen LogP contribution >= 0.6 is 0 Å². The van der Waals surface area contributed by atoms with Crippen LogP contribution in [0, 0.1) is 0 Å². The fourth-order valence-corrected chi connectivity index (χ4v) is 9.34. The van der Waals surface area contributed by atoms with Crippen LogP contribution in [0.15, 0.2) is 205 Å². The molecular weight excluding hydrogens is 691 g/mol. The third-order valence-electron chi connectivity index (χ3n) is 12.1. The Bertz CT molecular complexity index is 3160. The number of rotatable bonds is 6. The lowest BCUT2D eigenvalue weighted by Gasteiger charge is -2.30. The molecule has 0 saturated heterocycles. The molecule has 2 nitrogen and oxygen atoms in total. The molecule has 10 aromatic rings. The second kappa shape index (κ2) is 13.0. The van der Waals surface area contributed by atoms with Crippen molar-refractivity contribution in [3.63, 3.8) is 0 Å². The molecule has 57 heavy (non-hydrogen) atoms. The maximum atomic E-state index is 6.82. The summed E-state index contributed by atoms with van der Waals surface area (Å²) in [7, 11) is 0.